The van der Waals surface area contributed by atoms with Crippen LogP contribution < -0.4 is 5.32 Å². The molecule has 1 heterocycles. The number of rotatable bonds is 6. The number of hydrogen-bond donors (Lipinski definition) is 2. The van der Waals surface area contributed by atoms with E-state index in [0.29, 0.717) is 5.57 Å². The van der Waals surface area contributed by atoms with E-state index in [2.05, 4.69) is 17.1 Å². The molecule has 0 aliphatic carbocycles. The maximum Gasteiger partial charge on any atom is 0.248 e. The fourth-order valence-corrected chi connectivity index (χ4v) is 3.36. The number of nitrogens with zero attached hydrogens (tertiary/aromatic N) is 1. The van der Waals surface area contributed by atoms with Crippen molar-refractivity contribution in [1.82, 2.24) is 5.16 Å². The molecule has 0 aliphatic rings. The molecule has 8 heteroatoms. The molecule has 0 fully saturated rings. The van der Waals surface area contributed by atoms with Crippen LogP contribution in [0.15, 0.2) is 46.3 Å². The van der Waals surface area contributed by atoms with Gasteiger partial charge in [0.25, 0.3) is 0 Å². The van der Waals surface area contributed by atoms with E-state index in [1.165, 1.54) is 32.0 Å². The number of aliphatic hydroxyl groups is 1. The minimum atomic E-state index is -3.92. The molecular formula is C17H20N2O5S. The summed E-state index contributed by atoms with van der Waals surface area (Å²) in [5, 5.41) is 15.1. The van der Waals surface area contributed by atoms with Crippen LogP contribution in [0.5, 0.6) is 0 Å². The molecule has 7 nitrogen and oxygen atoms in total. The first-order chi connectivity index (χ1) is 11.6. The zero-order valence-electron chi connectivity index (χ0n) is 14.2. The highest BCUT2D eigenvalue weighted by molar-refractivity contribution is 7.93. The van der Waals surface area contributed by atoms with Crippen molar-refractivity contribution in [3.8, 4) is 0 Å². The van der Waals surface area contributed by atoms with E-state index in [1.54, 1.807) is 12.1 Å². The summed E-state index contributed by atoms with van der Waals surface area (Å²) in [6.45, 7) is 7.76. The van der Waals surface area contributed by atoms with Crippen molar-refractivity contribution < 1.29 is 22.8 Å². The van der Waals surface area contributed by atoms with Gasteiger partial charge in [-0.2, -0.15) is 0 Å². The maximum absolute atomic E-state index is 12.8. The Kier molecular flexibility index (Phi) is 5.15. The quantitative estimate of drug-likeness (QED) is 0.813. The van der Waals surface area contributed by atoms with Gasteiger partial charge in [0.15, 0.2) is 9.84 Å². The van der Waals surface area contributed by atoms with E-state index in [4.69, 9.17) is 9.63 Å². The van der Waals surface area contributed by atoms with Crippen LogP contribution in [0.4, 0.5) is 5.88 Å². The number of amides is 1. The van der Waals surface area contributed by atoms with Crippen LogP contribution in [0, 0.1) is 6.92 Å². The van der Waals surface area contributed by atoms with Crippen molar-refractivity contribution in [3.05, 3.63) is 48.2 Å². The lowest BCUT2D eigenvalue weighted by atomic mass is 10.2. The Morgan fingerprint density at radius 2 is 1.92 bits per heavy atom. The van der Waals surface area contributed by atoms with Gasteiger partial charge in [0.2, 0.25) is 11.8 Å². The standard InChI is InChI=1S/C17H20N2O5S/c1-11-5-7-13(8-6-11)25(22,23)17(3,4)16(21)18-15-9-14(19-24-15)12(2)10-20/h5-9,20H,2,10H2,1,3-4H3,(H,18,21). The van der Waals surface area contributed by atoms with Gasteiger partial charge in [0.1, 0.15) is 10.4 Å². The van der Waals surface area contributed by atoms with E-state index in [1.807, 2.05) is 6.92 Å². The topological polar surface area (TPSA) is 110 Å². The van der Waals surface area contributed by atoms with Crippen molar-refractivity contribution in [2.45, 2.75) is 30.4 Å². The highest BCUT2D eigenvalue weighted by Crippen LogP contribution is 2.27. The van der Waals surface area contributed by atoms with Gasteiger partial charge >= 0.3 is 0 Å². The van der Waals surface area contributed by atoms with Gasteiger partial charge in [-0.25, -0.2) is 8.42 Å². The summed E-state index contributed by atoms with van der Waals surface area (Å²) < 4.78 is 28.8. The van der Waals surface area contributed by atoms with E-state index >= 15 is 0 Å². The van der Waals surface area contributed by atoms with Gasteiger partial charge in [-0.1, -0.05) is 29.4 Å². The molecule has 134 valence electrons. The van der Waals surface area contributed by atoms with Gasteiger partial charge < -0.3 is 9.63 Å². The maximum atomic E-state index is 12.8. The first-order valence-corrected chi connectivity index (χ1v) is 8.96. The SMILES string of the molecule is C=C(CO)c1cc(NC(=O)C(C)(C)S(=O)(=O)c2ccc(C)cc2)on1. The molecule has 1 amide bonds. The smallest absolute Gasteiger partial charge is 0.248 e. The molecule has 2 aromatic rings. The number of nitrogens with one attached hydrogen (secondary N) is 1. The van der Waals surface area contributed by atoms with Crippen molar-refractivity contribution in [2.75, 3.05) is 11.9 Å². The monoisotopic (exact) mass is 364 g/mol. The summed E-state index contributed by atoms with van der Waals surface area (Å²) in [6, 6.07) is 7.65. The van der Waals surface area contributed by atoms with Gasteiger partial charge in [-0.15, -0.1) is 0 Å². The number of benzene rings is 1. The zero-order chi connectivity index (χ0) is 18.8. The normalized spacial score (nSPS) is 12.0. The van der Waals surface area contributed by atoms with Crippen LogP contribution in [0.2, 0.25) is 0 Å². The van der Waals surface area contributed by atoms with E-state index in [0.717, 1.165) is 5.56 Å². The van der Waals surface area contributed by atoms with Gasteiger partial charge in [0, 0.05) is 6.07 Å². The minimum absolute atomic E-state index is 0.0261. The second kappa shape index (κ2) is 6.81. The third kappa shape index (κ3) is 3.64. The Labute approximate surface area is 146 Å². The predicted molar refractivity (Wildman–Crippen MR) is 93.7 cm³/mol. The van der Waals surface area contributed by atoms with Crippen LogP contribution in [-0.4, -0.2) is 35.9 Å². The molecule has 0 saturated heterocycles. The van der Waals surface area contributed by atoms with E-state index in [-0.39, 0.29) is 23.1 Å². The van der Waals surface area contributed by atoms with Crippen LogP contribution >= 0.6 is 0 Å². The molecule has 0 unspecified atom stereocenters. The molecule has 2 rings (SSSR count). The Morgan fingerprint density at radius 3 is 2.48 bits per heavy atom. The highest BCUT2D eigenvalue weighted by Gasteiger charge is 2.43. The zero-order valence-corrected chi connectivity index (χ0v) is 15.1. The number of carbonyl (C=O) groups is 1. The minimum Gasteiger partial charge on any atom is -0.392 e. The number of aliphatic hydroxyl groups excluding tert-OH is 1. The third-order valence-electron chi connectivity index (χ3n) is 3.85. The van der Waals surface area contributed by atoms with Gasteiger partial charge in [0.05, 0.1) is 11.5 Å². The molecular weight excluding hydrogens is 344 g/mol. The number of aryl methyl sites for hydroxylation is 1. The first-order valence-electron chi connectivity index (χ1n) is 7.48. The second-order valence-electron chi connectivity index (χ2n) is 6.12. The molecule has 2 N–H and O–H groups in total. The fraction of sp³-hybridized carbons (Fsp3) is 0.294. The Hall–Kier alpha value is -2.45. The summed E-state index contributed by atoms with van der Waals surface area (Å²) in [4.78, 5) is 12.6. The summed E-state index contributed by atoms with van der Waals surface area (Å²) in [5.41, 5.74) is 1.51. The molecule has 0 bridgehead atoms. The van der Waals surface area contributed by atoms with Crippen molar-refractivity contribution >= 4 is 27.2 Å². The molecule has 0 radical (unpaired) electrons. The fourth-order valence-electron chi connectivity index (χ4n) is 1.98. The summed E-state index contributed by atoms with van der Waals surface area (Å²) in [5.74, 6) is -0.785. The number of aromatic nitrogens is 1. The van der Waals surface area contributed by atoms with Crippen LogP contribution in [0.1, 0.15) is 25.1 Å². The summed E-state index contributed by atoms with van der Waals surface area (Å²) in [6.07, 6.45) is 0. The molecule has 0 aliphatic heterocycles. The third-order valence-corrected chi connectivity index (χ3v) is 6.27. The first kappa shape index (κ1) is 18.9. The average Bonchev–Trinajstić information content (AvgIpc) is 3.02. The Morgan fingerprint density at radius 1 is 1.32 bits per heavy atom. The molecule has 0 saturated carbocycles. The molecule has 0 atom stereocenters. The lowest BCUT2D eigenvalue weighted by molar-refractivity contribution is -0.118. The molecule has 25 heavy (non-hydrogen) atoms. The predicted octanol–water partition coefficient (Wildman–Crippen LogP) is 2.18. The Bertz CT molecular complexity index is 895. The van der Waals surface area contributed by atoms with Crippen LogP contribution in [0.3, 0.4) is 0 Å². The number of sulfone groups is 1. The van der Waals surface area contributed by atoms with Gasteiger partial charge in [-0.05, 0) is 38.5 Å². The largest absolute Gasteiger partial charge is 0.392 e. The van der Waals surface area contributed by atoms with Crippen molar-refractivity contribution in [2.24, 2.45) is 0 Å². The number of carbonyl (C=O) groups excluding carboxylic acids is 1. The lowest BCUT2D eigenvalue weighted by Gasteiger charge is -2.23. The average molecular weight is 364 g/mol. The molecule has 0 spiro atoms. The Balaban J connectivity index is 2.26. The van der Waals surface area contributed by atoms with Crippen molar-refractivity contribution in [1.29, 1.82) is 0 Å². The van der Waals surface area contributed by atoms with Crippen LogP contribution in [0.25, 0.3) is 5.57 Å². The summed E-state index contributed by atoms with van der Waals surface area (Å²) >= 11 is 0. The van der Waals surface area contributed by atoms with E-state index in [9.17, 15) is 13.2 Å². The molecule has 1 aromatic heterocycles. The second-order valence-corrected chi connectivity index (χ2v) is 8.62. The van der Waals surface area contributed by atoms with E-state index < -0.39 is 20.5 Å². The lowest BCUT2D eigenvalue weighted by Crippen LogP contribution is -2.44. The number of anilines is 1. The van der Waals surface area contributed by atoms with Crippen molar-refractivity contribution in [3.63, 3.8) is 0 Å². The number of hydrogen-bond acceptors (Lipinski definition) is 6. The van der Waals surface area contributed by atoms with Crippen LogP contribution in [-0.2, 0) is 14.6 Å². The molecule has 1 aromatic carbocycles. The summed E-state index contributed by atoms with van der Waals surface area (Å²) in [7, 11) is -3.92. The van der Waals surface area contributed by atoms with Gasteiger partial charge in [-0.3, -0.25) is 10.1 Å². The highest BCUT2D eigenvalue weighted by atomic mass is 32.2.